The lowest BCUT2D eigenvalue weighted by Gasteiger charge is -2.32. The topological polar surface area (TPSA) is 57.6 Å². The molecule has 5 heteroatoms. The van der Waals surface area contributed by atoms with E-state index in [9.17, 15) is 14.7 Å². The molecule has 1 N–H and O–H groups in total. The molecule has 1 aliphatic rings. The fraction of sp³-hybridized carbons (Fsp3) is 0.429. The van der Waals surface area contributed by atoms with Crippen LogP contribution in [0.4, 0.5) is 0 Å². The number of carbonyl (C=O) groups excluding carboxylic acids is 1. The van der Waals surface area contributed by atoms with Crippen LogP contribution in [0.5, 0.6) is 0 Å². The Kier molecular flexibility index (Phi) is 4.14. The van der Waals surface area contributed by atoms with Crippen molar-refractivity contribution in [3.8, 4) is 0 Å². The lowest BCUT2D eigenvalue weighted by atomic mass is 10.0. The van der Waals surface area contributed by atoms with Crippen LogP contribution in [-0.2, 0) is 9.59 Å². The molecule has 0 bridgehead atoms. The maximum atomic E-state index is 12.1. The maximum Gasteiger partial charge on any atom is 0.326 e. The molecular formula is C14H17NO3S. The van der Waals surface area contributed by atoms with Gasteiger partial charge in [0.15, 0.2) is 0 Å². The number of benzene rings is 1. The number of hydrogen-bond donors (Lipinski definition) is 1. The molecule has 0 radical (unpaired) electrons. The van der Waals surface area contributed by atoms with Crippen molar-refractivity contribution < 1.29 is 14.7 Å². The van der Waals surface area contributed by atoms with E-state index in [1.54, 1.807) is 0 Å². The van der Waals surface area contributed by atoms with E-state index in [1.807, 2.05) is 44.2 Å². The molecule has 2 rings (SSSR count). The van der Waals surface area contributed by atoms with Crippen molar-refractivity contribution in [3.63, 3.8) is 0 Å². The van der Waals surface area contributed by atoms with Crippen LogP contribution >= 0.6 is 11.8 Å². The summed E-state index contributed by atoms with van der Waals surface area (Å²) in [7, 11) is 0. The van der Waals surface area contributed by atoms with Crippen molar-refractivity contribution >= 4 is 23.6 Å². The number of carboxylic acid groups (broad SMARTS) is 1. The number of amides is 1. The van der Waals surface area contributed by atoms with Gasteiger partial charge in [0.25, 0.3) is 0 Å². The highest BCUT2D eigenvalue weighted by molar-refractivity contribution is 8.00. The number of carbonyl (C=O) groups is 2. The minimum atomic E-state index is -0.938. The summed E-state index contributed by atoms with van der Waals surface area (Å²) in [5.74, 6) is -0.811. The molecule has 1 fully saturated rings. The van der Waals surface area contributed by atoms with Gasteiger partial charge in [-0.25, -0.2) is 4.79 Å². The summed E-state index contributed by atoms with van der Waals surface area (Å²) >= 11 is 1.49. The molecule has 1 aromatic carbocycles. The van der Waals surface area contributed by atoms with E-state index in [0.29, 0.717) is 5.75 Å². The fourth-order valence-electron chi connectivity index (χ4n) is 2.34. The lowest BCUT2D eigenvalue weighted by Crippen LogP contribution is -2.46. The monoisotopic (exact) mass is 279 g/mol. The van der Waals surface area contributed by atoms with Crippen LogP contribution in [0, 0.1) is 5.92 Å². The summed E-state index contributed by atoms with van der Waals surface area (Å²) in [5, 5.41) is 9.19. The van der Waals surface area contributed by atoms with Gasteiger partial charge >= 0.3 is 5.97 Å². The predicted molar refractivity (Wildman–Crippen MR) is 74.7 cm³/mol. The maximum absolute atomic E-state index is 12.1. The highest BCUT2D eigenvalue weighted by atomic mass is 32.2. The molecule has 102 valence electrons. The summed E-state index contributed by atoms with van der Waals surface area (Å²) in [5.41, 5.74) is 0.977. The summed E-state index contributed by atoms with van der Waals surface area (Å²) < 4.78 is 0. The molecule has 0 aliphatic carbocycles. The Labute approximate surface area is 116 Å². The average Bonchev–Trinajstić information content (AvgIpc) is 2.72. The van der Waals surface area contributed by atoms with Crippen molar-refractivity contribution in [3.05, 3.63) is 35.9 Å². The second kappa shape index (κ2) is 5.65. The first-order valence-electron chi connectivity index (χ1n) is 6.23. The van der Waals surface area contributed by atoms with Gasteiger partial charge < -0.3 is 10.0 Å². The van der Waals surface area contributed by atoms with Crippen molar-refractivity contribution in [2.24, 2.45) is 5.92 Å². The molecule has 1 amide bonds. The number of thioether (sulfide) groups is 1. The SMILES string of the molecule is CC(C)[C@@H](C(=O)O)N1C(=O)CSC1c1ccccc1. The Morgan fingerprint density at radius 2 is 2.00 bits per heavy atom. The molecule has 0 aromatic heterocycles. The molecule has 1 heterocycles. The standard InChI is InChI=1S/C14H17NO3S/c1-9(2)12(14(17)18)15-11(16)8-19-13(15)10-6-4-3-5-7-10/h3-7,9,12-13H,8H2,1-2H3,(H,17,18)/t12-,13?/m0/s1. The molecular weight excluding hydrogens is 262 g/mol. The molecule has 2 atom stereocenters. The quantitative estimate of drug-likeness (QED) is 0.919. The fourth-order valence-corrected chi connectivity index (χ4v) is 3.55. The van der Waals surface area contributed by atoms with E-state index >= 15 is 0 Å². The van der Waals surface area contributed by atoms with Crippen LogP contribution in [-0.4, -0.2) is 33.7 Å². The van der Waals surface area contributed by atoms with Crippen LogP contribution in [0.3, 0.4) is 0 Å². The number of rotatable bonds is 4. The normalized spacial score (nSPS) is 20.9. The Hall–Kier alpha value is -1.49. The van der Waals surface area contributed by atoms with Crippen LogP contribution in [0.2, 0.25) is 0 Å². The highest BCUT2D eigenvalue weighted by Gasteiger charge is 2.42. The van der Waals surface area contributed by atoms with Gasteiger partial charge in [-0.1, -0.05) is 44.2 Å². The van der Waals surface area contributed by atoms with Gasteiger partial charge in [-0.3, -0.25) is 4.79 Å². The van der Waals surface area contributed by atoms with Gasteiger partial charge in [0.2, 0.25) is 5.91 Å². The van der Waals surface area contributed by atoms with Crippen molar-refractivity contribution in [1.82, 2.24) is 4.90 Å². The van der Waals surface area contributed by atoms with Crippen molar-refractivity contribution in [1.29, 1.82) is 0 Å². The Morgan fingerprint density at radius 1 is 1.37 bits per heavy atom. The van der Waals surface area contributed by atoms with E-state index in [1.165, 1.54) is 16.7 Å². The number of hydrogen-bond acceptors (Lipinski definition) is 3. The van der Waals surface area contributed by atoms with Gasteiger partial charge in [0.05, 0.1) is 5.75 Å². The van der Waals surface area contributed by atoms with Crippen LogP contribution in [0.1, 0.15) is 24.8 Å². The third kappa shape index (κ3) is 2.76. The summed E-state index contributed by atoms with van der Waals surface area (Å²) in [6, 6.07) is 8.81. The molecule has 19 heavy (non-hydrogen) atoms. The first-order chi connectivity index (χ1) is 9.02. The molecule has 1 saturated heterocycles. The Bertz CT molecular complexity index is 475. The van der Waals surface area contributed by atoms with Crippen molar-refractivity contribution in [2.45, 2.75) is 25.3 Å². The zero-order valence-corrected chi connectivity index (χ0v) is 11.8. The van der Waals surface area contributed by atoms with Crippen molar-refractivity contribution in [2.75, 3.05) is 5.75 Å². The third-order valence-corrected chi connectivity index (χ3v) is 4.40. The molecule has 1 aromatic rings. The molecule has 1 unspecified atom stereocenters. The number of nitrogens with zero attached hydrogens (tertiary/aromatic N) is 1. The van der Waals surface area contributed by atoms with Crippen LogP contribution < -0.4 is 0 Å². The predicted octanol–water partition coefficient (Wildman–Crippen LogP) is 2.37. The minimum Gasteiger partial charge on any atom is -0.480 e. The van der Waals surface area contributed by atoms with E-state index in [0.717, 1.165) is 5.56 Å². The van der Waals surface area contributed by atoms with Gasteiger partial charge in [0, 0.05) is 0 Å². The molecule has 0 spiro atoms. The van der Waals surface area contributed by atoms with Gasteiger partial charge in [-0.2, -0.15) is 0 Å². The largest absolute Gasteiger partial charge is 0.480 e. The molecule has 4 nitrogen and oxygen atoms in total. The number of aliphatic carboxylic acids is 1. The van der Waals surface area contributed by atoms with E-state index in [4.69, 9.17) is 0 Å². The summed E-state index contributed by atoms with van der Waals surface area (Å²) in [6.45, 7) is 3.66. The van der Waals surface area contributed by atoms with Gasteiger partial charge in [0.1, 0.15) is 11.4 Å². The van der Waals surface area contributed by atoms with Gasteiger partial charge in [-0.15, -0.1) is 11.8 Å². The second-order valence-electron chi connectivity index (χ2n) is 4.90. The zero-order chi connectivity index (χ0) is 14.0. The molecule has 1 aliphatic heterocycles. The minimum absolute atomic E-state index is 0.0973. The van der Waals surface area contributed by atoms with E-state index < -0.39 is 12.0 Å². The summed E-state index contributed by atoms with van der Waals surface area (Å²) in [4.78, 5) is 25.0. The number of carboxylic acids is 1. The lowest BCUT2D eigenvalue weighted by molar-refractivity contribution is -0.151. The first kappa shape index (κ1) is 13.9. The second-order valence-corrected chi connectivity index (χ2v) is 5.97. The Morgan fingerprint density at radius 3 is 2.53 bits per heavy atom. The zero-order valence-electron chi connectivity index (χ0n) is 10.9. The Balaban J connectivity index is 2.34. The van der Waals surface area contributed by atoms with Gasteiger partial charge in [-0.05, 0) is 11.5 Å². The average molecular weight is 279 g/mol. The molecule has 0 saturated carbocycles. The smallest absolute Gasteiger partial charge is 0.326 e. The van der Waals surface area contributed by atoms with E-state index in [2.05, 4.69) is 0 Å². The van der Waals surface area contributed by atoms with E-state index in [-0.39, 0.29) is 17.2 Å². The summed E-state index contributed by atoms with van der Waals surface area (Å²) in [6.07, 6.45) is 0. The highest BCUT2D eigenvalue weighted by Crippen LogP contribution is 2.41. The van der Waals surface area contributed by atoms with Crippen LogP contribution in [0.25, 0.3) is 0 Å². The van der Waals surface area contributed by atoms with Crippen LogP contribution in [0.15, 0.2) is 30.3 Å². The first-order valence-corrected chi connectivity index (χ1v) is 7.27. The third-order valence-electron chi connectivity index (χ3n) is 3.17.